The van der Waals surface area contributed by atoms with Gasteiger partial charge >= 0.3 is 0 Å². The Morgan fingerprint density at radius 1 is 1.07 bits per heavy atom. The molecule has 1 aliphatic carbocycles. The van der Waals surface area contributed by atoms with Crippen LogP contribution in [0.4, 0.5) is 0 Å². The van der Waals surface area contributed by atoms with Gasteiger partial charge in [0.15, 0.2) is 18.4 Å². The van der Waals surface area contributed by atoms with Crippen molar-refractivity contribution >= 4 is 0 Å². The molecule has 1 aromatic heterocycles. The maximum Gasteiger partial charge on any atom is 0.169 e. The van der Waals surface area contributed by atoms with Crippen LogP contribution in [-0.4, -0.2) is 0 Å². The molecule has 0 spiro atoms. The maximum absolute atomic E-state index is 2.38. The largest absolute Gasteiger partial charge is 1.00 e. The fourth-order valence-electron chi connectivity index (χ4n) is 2.14. The van der Waals surface area contributed by atoms with Crippen molar-refractivity contribution in [3.63, 3.8) is 0 Å². The van der Waals surface area contributed by atoms with Gasteiger partial charge in [-0.3, -0.25) is 0 Å². The number of hydrogen-bond acceptors (Lipinski definition) is 0. The van der Waals surface area contributed by atoms with Gasteiger partial charge in [0.1, 0.15) is 0 Å². The Balaban J connectivity index is 0.000000980. The van der Waals surface area contributed by atoms with Gasteiger partial charge in [-0.25, -0.2) is 4.57 Å². The van der Waals surface area contributed by atoms with Gasteiger partial charge in [-0.05, 0) is 25.3 Å². The summed E-state index contributed by atoms with van der Waals surface area (Å²) in [5.74, 6) is 0. The van der Waals surface area contributed by atoms with E-state index >= 15 is 0 Å². The van der Waals surface area contributed by atoms with Gasteiger partial charge < -0.3 is 24.0 Å². The Kier molecular flexibility index (Phi) is 4.85. The van der Waals surface area contributed by atoms with Crippen LogP contribution in [0.2, 0.25) is 0 Å². The molecule has 1 saturated carbocycles. The van der Waals surface area contributed by atoms with E-state index in [4.69, 9.17) is 0 Å². The molecule has 0 aromatic carbocycles. The predicted octanol–water partition coefficient (Wildman–Crippen LogP) is -0.208. The zero-order valence-corrected chi connectivity index (χ0v) is 10.9. The van der Waals surface area contributed by atoms with E-state index in [-0.39, 0.29) is 24.0 Å². The van der Waals surface area contributed by atoms with E-state index in [1.165, 1.54) is 37.7 Å². The molecular weight excluding hydrogens is 285 g/mol. The van der Waals surface area contributed by atoms with Crippen molar-refractivity contribution in [2.24, 2.45) is 0 Å². The summed E-state index contributed by atoms with van der Waals surface area (Å²) in [6.45, 7) is 2.14. The van der Waals surface area contributed by atoms with Crippen LogP contribution in [0.3, 0.4) is 0 Å². The predicted molar refractivity (Wildman–Crippen MR) is 53.5 cm³/mol. The molecule has 0 bridgehead atoms. The van der Waals surface area contributed by atoms with E-state index in [0.717, 1.165) is 6.04 Å². The fourth-order valence-corrected chi connectivity index (χ4v) is 2.14. The van der Waals surface area contributed by atoms with E-state index < -0.39 is 0 Å². The highest BCUT2D eigenvalue weighted by molar-refractivity contribution is 5.03. The number of aryl methyl sites for hydroxylation is 1. The van der Waals surface area contributed by atoms with Crippen LogP contribution >= 0.6 is 0 Å². The van der Waals surface area contributed by atoms with Crippen molar-refractivity contribution in [1.82, 2.24) is 0 Å². The highest BCUT2D eigenvalue weighted by atomic mass is 127. The zero-order valence-electron chi connectivity index (χ0n) is 8.75. The first-order valence-electron chi connectivity index (χ1n) is 5.34. The zero-order chi connectivity index (χ0) is 9.10. The summed E-state index contributed by atoms with van der Waals surface area (Å²) < 4.78 is 2.38. The van der Waals surface area contributed by atoms with Crippen molar-refractivity contribution < 1.29 is 28.5 Å². The van der Waals surface area contributed by atoms with E-state index in [0.29, 0.717) is 0 Å². The molecular formula is C12H18IN. The van der Waals surface area contributed by atoms with Gasteiger partial charge in [-0.2, -0.15) is 0 Å². The average molecular weight is 303 g/mol. The summed E-state index contributed by atoms with van der Waals surface area (Å²) in [7, 11) is 0. The Hall–Kier alpha value is -0.120. The van der Waals surface area contributed by atoms with Gasteiger partial charge in [0.05, 0.1) is 0 Å². The van der Waals surface area contributed by atoms with E-state index in [9.17, 15) is 0 Å². The molecule has 0 radical (unpaired) electrons. The van der Waals surface area contributed by atoms with Gasteiger partial charge in [0, 0.05) is 25.0 Å². The van der Waals surface area contributed by atoms with Crippen LogP contribution in [-0.2, 0) is 0 Å². The van der Waals surface area contributed by atoms with Gasteiger partial charge in [0.25, 0.3) is 0 Å². The summed E-state index contributed by atoms with van der Waals surface area (Å²) in [6.07, 6.45) is 11.4. The summed E-state index contributed by atoms with van der Waals surface area (Å²) in [5, 5.41) is 0. The number of rotatable bonds is 1. The van der Waals surface area contributed by atoms with Crippen molar-refractivity contribution in [3.05, 3.63) is 30.1 Å². The smallest absolute Gasteiger partial charge is 0.169 e. The monoisotopic (exact) mass is 303 g/mol. The second kappa shape index (κ2) is 5.69. The minimum atomic E-state index is 0. The lowest BCUT2D eigenvalue weighted by molar-refractivity contribution is -0.725. The quantitative estimate of drug-likeness (QED) is 0.499. The lowest BCUT2D eigenvalue weighted by atomic mass is 9.95. The Labute approximate surface area is 104 Å². The highest BCUT2D eigenvalue weighted by Gasteiger charge is 2.20. The van der Waals surface area contributed by atoms with Crippen molar-refractivity contribution in [1.29, 1.82) is 0 Å². The van der Waals surface area contributed by atoms with E-state index in [1.807, 2.05) is 0 Å². The minimum Gasteiger partial charge on any atom is -1.00 e. The maximum atomic E-state index is 2.38. The molecule has 0 saturated heterocycles. The van der Waals surface area contributed by atoms with Gasteiger partial charge in [-0.15, -0.1) is 0 Å². The van der Waals surface area contributed by atoms with Crippen molar-refractivity contribution in [3.8, 4) is 0 Å². The SMILES string of the molecule is Cc1cc[n+](C2CCCCC2)cc1.[I-]. The molecule has 14 heavy (non-hydrogen) atoms. The van der Waals surface area contributed by atoms with Crippen LogP contribution in [0.15, 0.2) is 24.5 Å². The highest BCUT2D eigenvalue weighted by Crippen LogP contribution is 2.23. The van der Waals surface area contributed by atoms with Gasteiger partial charge in [0.2, 0.25) is 0 Å². The van der Waals surface area contributed by atoms with Gasteiger partial charge in [-0.1, -0.05) is 6.42 Å². The van der Waals surface area contributed by atoms with Crippen LogP contribution in [0.5, 0.6) is 0 Å². The first-order valence-corrected chi connectivity index (χ1v) is 5.34. The normalized spacial score (nSPS) is 17.5. The Morgan fingerprint density at radius 2 is 1.64 bits per heavy atom. The molecule has 0 aliphatic heterocycles. The van der Waals surface area contributed by atoms with Crippen LogP contribution in [0.1, 0.15) is 43.7 Å². The molecule has 78 valence electrons. The topological polar surface area (TPSA) is 3.88 Å². The fraction of sp³-hybridized carbons (Fsp3) is 0.583. The lowest BCUT2D eigenvalue weighted by Crippen LogP contribution is -3.00. The molecule has 1 aromatic rings. The molecule has 2 rings (SSSR count). The lowest BCUT2D eigenvalue weighted by Gasteiger charge is -2.16. The van der Waals surface area contributed by atoms with Crippen molar-refractivity contribution in [2.45, 2.75) is 45.1 Å². The number of nitrogens with zero attached hydrogens (tertiary/aromatic N) is 1. The third-order valence-corrected chi connectivity index (χ3v) is 3.02. The molecule has 1 nitrogen and oxygen atoms in total. The number of hydrogen-bond donors (Lipinski definition) is 0. The number of aromatic nitrogens is 1. The molecule has 1 fully saturated rings. The number of pyridine rings is 1. The van der Waals surface area contributed by atoms with E-state index in [2.05, 4.69) is 36.0 Å². The minimum absolute atomic E-state index is 0. The summed E-state index contributed by atoms with van der Waals surface area (Å²) in [5.41, 5.74) is 1.35. The van der Waals surface area contributed by atoms with Crippen molar-refractivity contribution in [2.75, 3.05) is 0 Å². The molecule has 0 amide bonds. The Morgan fingerprint density at radius 3 is 2.21 bits per heavy atom. The summed E-state index contributed by atoms with van der Waals surface area (Å²) in [4.78, 5) is 0. The summed E-state index contributed by atoms with van der Waals surface area (Å²) in [6, 6.07) is 5.18. The standard InChI is InChI=1S/C12H18N.HI/c1-11-7-9-13(10-8-11)12-5-3-2-4-6-12;/h7-10,12H,2-6H2,1H3;1H/q+1;/p-1. The average Bonchev–Trinajstić information content (AvgIpc) is 2.20. The first-order chi connectivity index (χ1) is 6.36. The summed E-state index contributed by atoms with van der Waals surface area (Å²) >= 11 is 0. The third-order valence-electron chi connectivity index (χ3n) is 3.02. The Bertz CT molecular complexity index is 262. The molecule has 1 aliphatic rings. The molecule has 0 unspecified atom stereocenters. The first kappa shape index (κ1) is 12.0. The van der Waals surface area contributed by atoms with Crippen LogP contribution in [0, 0.1) is 6.92 Å². The molecule has 2 heteroatoms. The molecule has 0 atom stereocenters. The van der Waals surface area contributed by atoms with Crippen LogP contribution in [0.25, 0.3) is 0 Å². The second-order valence-corrected chi connectivity index (χ2v) is 4.11. The number of halogens is 1. The second-order valence-electron chi connectivity index (χ2n) is 4.11. The molecule has 1 heterocycles. The molecule has 0 N–H and O–H groups in total. The third kappa shape index (κ3) is 2.94. The van der Waals surface area contributed by atoms with E-state index in [1.54, 1.807) is 0 Å². The van der Waals surface area contributed by atoms with Crippen LogP contribution < -0.4 is 28.5 Å².